The Balaban J connectivity index is 1.42. The average Bonchev–Trinajstić information content (AvgIpc) is 3.44. The Kier molecular flexibility index (Phi) is 6.64. The topological polar surface area (TPSA) is 35.6 Å². The summed E-state index contributed by atoms with van der Waals surface area (Å²) in [6.45, 7) is 6.12. The van der Waals surface area contributed by atoms with Crippen LogP contribution in [0.15, 0.2) is 65.4 Å². The quantitative estimate of drug-likeness (QED) is 0.609. The third-order valence-corrected chi connectivity index (χ3v) is 7.26. The molecule has 1 aliphatic heterocycles. The predicted molar refractivity (Wildman–Crippen MR) is 123 cm³/mol. The lowest BCUT2D eigenvalue weighted by Gasteiger charge is -2.42. The van der Waals surface area contributed by atoms with Gasteiger partial charge < -0.3 is 10.2 Å². The van der Waals surface area contributed by atoms with Gasteiger partial charge in [-0.2, -0.15) is 0 Å². The number of hydrogen-bond acceptors (Lipinski definition) is 5. The molecule has 6 heteroatoms. The molecule has 0 bridgehead atoms. The molecule has 3 heterocycles. The van der Waals surface area contributed by atoms with Crippen LogP contribution < -0.4 is 10.2 Å². The number of nitrogens with one attached hydrogen (secondary N) is 1. The molecule has 152 valence electrons. The second kappa shape index (κ2) is 9.57. The Morgan fingerprint density at radius 3 is 2.34 bits per heavy atom. The second-order valence-electron chi connectivity index (χ2n) is 7.43. The van der Waals surface area contributed by atoms with Crippen LogP contribution in [0.4, 0.5) is 5.69 Å². The molecule has 0 aliphatic carbocycles. The van der Waals surface area contributed by atoms with Gasteiger partial charge in [-0.1, -0.05) is 30.3 Å². The zero-order chi connectivity index (χ0) is 20.1. The molecule has 0 radical (unpaired) electrons. The van der Waals surface area contributed by atoms with Crippen molar-refractivity contribution in [3.8, 4) is 0 Å². The molecule has 3 aromatic rings. The summed E-state index contributed by atoms with van der Waals surface area (Å²) in [6.07, 6.45) is 0.459. The molecule has 0 spiro atoms. The molecule has 0 saturated carbocycles. The van der Waals surface area contributed by atoms with E-state index in [2.05, 4.69) is 69.9 Å². The number of thiophene rings is 2. The minimum Gasteiger partial charge on any atom is -0.369 e. The van der Waals surface area contributed by atoms with E-state index in [9.17, 15) is 4.79 Å². The number of hydrogen-bond donors (Lipinski definition) is 1. The van der Waals surface area contributed by atoms with Crippen molar-refractivity contribution in [1.29, 1.82) is 0 Å². The fraction of sp³-hybridized carbons (Fsp3) is 0.348. The third-order valence-electron chi connectivity index (χ3n) is 5.44. The van der Waals surface area contributed by atoms with Gasteiger partial charge in [0.05, 0.1) is 12.5 Å². The van der Waals surface area contributed by atoms with Gasteiger partial charge in [0.25, 0.3) is 0 Å². The van der Waals surface area contributed by atoms with E-state index in [0.717, 1.165) is 31.1 Å². The smallest absolute Gasteiger partial charge is 0.225 e. The number of amides is 1. The van der Waals surface area contributed by atoms with Crippen LogP contribution in [0.25, 0.3) is 0 Å². The van der Waals surface area contributed by atoms with Gasteiger partial charge in [0.15, 0.2) is 0 Å². The first-order valence-corrected chi connectivity index (χ1v) is 11.9. The summed E-state index contributed by atoms with van der Waals surface area (Å²) in [5.41, 5.74) is 1.29. The number of piperazine rings is 1. The van der Waals surface area contributed by atoms with Gasteiger partial charge >= 0.3 is 0 Å². The van der Waals surface area contributed by atoms with Gasteiger partial charge in [-0.25, -0.2) is 0 Å². The van der Waals surface area contributed by atoms with Crippen LogP contribution in [0.2, 0.25) is 0 Å². The van der Waals surface area contributed by atoms with E-state index in [4.69, 9.17) is 0 Å². The van der Waals surface area contributed by atoms with Crippen molar-refractivity contribution < 1.29 is 4.79 Å². The monoisotopic (exact) mass is 425 g/mol. The molecule has 2 aromatic heterocycles. The predicted octanol–water partition coefficient (Wildman–Crippen LogP) is 4.42. The standard InChI is InChI=1S/C23H27N3OS2/c1-18(24-22(27)17-20-9-5-15-28-20)23(21-10-6-16-29-21)26-13-11-25(12-14-26)19-7-3-2-4-8-19/h2-10,15-16,18,23H,11-14,17H2,1H3,(H,24,27)/t18-,23-/m0/s1. The average molecular weight is 426 g/mol. The SMILES string of the molecule is C[C@H](NC(=O)Cc1cccs1)[C@@H](c1cccs1)N1CCN(c2ccccc2)CC1. The number of carbonyl (C=O) groups excluding carboxylic acids is 1. The van der Waals surface area contributed by atoms with Gasteiger partial charge in [0, 0.05) is 47.7 Å². The van der Waals surface area contributed by atoms with E-state index in [1.54, 1.807) is 22.7 Å². The maximum Gasteiger partial charge on any atom is 0.225 e. The van der Waals surface area contributed by atoms with Crippen molar-refractivity contribution in [3.05, 3.63) is 75.1 Å². The van der Waals surface area contributed by atoms with E-state index in [-0.39, 0.29) is 18.0 Å². The van der Waals surface area contributed by atoms with Crippen LogP contribution in [-0.2, 0) is 11.2 Å². The first kappa shape index (κ1) is 20.1. The number of benzene rings is 1. The van der Waals surface area contributed by atoms with Crippen molar-refractivity contribution in [2.45, 2.75) is 25.4 Å². The molecular formula is C23H27N3OS2. The number of para-hydroxylation sites is 1. The third kappa shape index (κ3) is 5.07. The maximum atomic E-state index is 12.6. The summed E-state index contributed by atoms with van der Waals surface area (Å²) in [5.74, 6) is 0.101. The lowest BCUT2D eigenvalue weighted by molar-refractivity contribution is -0.121. The summed E-state index contributed by atoms with van der Waals surface area (Å²) in [5, 5.41) is 7.41. The Morgan fingerprint density at radius 1 is 0.966 bits per heavy atom. The number of carbonyl (C=O) groups is 1. The first-order chi connectivity index (χ1) is 14.2. The maximum absolute atomic E-state index is 12.6. The van der Waals surface area contributed by atoms with Crippen molar-refractivity contribution >= 4 is 34.3 Å². The highest BCUT2D eigenvalue weighted by atomic mass is 32.1. The fourth-order valence-electron chi connectivity index (χ4n) is 4.05. The molecule has 1 N–H and O–H groups in total. The van der Waals surface area contributed by atoms with Crippen LogP contribution in [0, 0.1) is 0 Å². The molecule has 2 atom stereocenters. The summed E-state index contributed by atoms with van der Waals surface area (Å²) < 4.78 is 0. The molecule has 0 unspecified atom stereocenters. The lowest BCUT2D eigenvalue weighted by atomic mass is 10.0. The highest BCUT2D eigenvalue weighted by Crippen LogP contribution is 2.30. The number of rotatable bonds is 7. The van der Waals surface area contributed by atoms with E-state index >= 15 is 0 Å². The molecule has 29 heavy (non-hydrogen) atoms. The molecule has 1 fully saturated rings. The lowest BCUT2D eigenvalue weighted by Crippen LogP contribution is -2.52. The Hall–Kier alpha value is -2.15. The summed E-state index contributed by atoms with van der Waals surface area (Å²) in [7, 11) is 0. The van der Waals surface area contributed by atoms with E-state index in [0.29, 0.717) is 6.42 Å². The fourth-order valence-corrected chi connectivity index (χ4v) is 5.72. The van der Waals surface area contributed by atoms with Crippen molar-refractivity contribution in [3.63, 3.8) is 0 Å². The van der Waals surface area contributed by atoms with E-state index in [1.165, 1.54) is 10.6 Å². The largest absolute Gasteiger partial charge is 0.369 e. The van der Waals surface area contributed by atoms with Crippen molar-refractivity contribution in [2.75, 3.05) is 31.1 Å². The molecule has 4 rings (SSSR count). The van der Waals surface area contributed by atoms with E-state index in [1.807, 2.05) is 17.5 Å². The van der Waals surface area contributed by atoms with Crippen LogP contribution in [0.1, 0.15) is 22.7 Å². The Bertz CT molecular complexity index is 872. The van der Waals surface area contributed by atoms with E-state index < -0.39 is 0 Å². The highest BCUT2D eigenvalue weighted by Gasteiger charge is 2.30. The van der Waals surface area contributed by atoms with Gasteiger partial charge in [0.1, 0.15) is 0 Å². The van der Waals surface area contributed by atoms with Crippen LogP contribution in [0.5, 0.6) is 0 Å². The Morgan fingerprint density at radius 2 is 1.69 bits per heavy atom. The minimum atomic E-state index is 0.0596. The molecule has 1 amide bonds. The van der Waals surface area contributed by atoms with Gasteiger partial charge in [-0.05, 0) is 41.9 Å². The van der Waals surface area contributed by atoms with Crippen LogP contribution in [-0.4, -0.2) is 43.0 Å². The zero-order valence-electron chi connectivity index (χ0n) is 16.7. The zero-order valence-corrected chi connectivity index (χ0v) is 18.3. The summed E-state index contributed by atoms with van der Waals surface area (Å²) in [4.78, 5) is 20.0. The Labute approximate surface area is 180 Å². The van der Waals surface area contributed by atoms with Crippen molar-refractivity contribution in [1.82, 2.24) is 10.2 Å². The van der Waals surface area contributed by atoms with Crippen LogP contribution >= 0.6 is 22.7 Å². The normalized spacial score (nSPS) is 17.1. The molecule has 1 saturated heterocycles. The summed E-state index contributed by atoms with van der Waals surface area (Å²) >= 11 is 3.41. The number of nitrogens with zero attached hydrogens (tertiary/aromatic N) is 2. The highest BCUT2D eigenvalue weighted by molar-refractivity contribution is 7.10. The van der Waals surface area contributed by atoms with Gasteiger partial charge in [-0.15, -0.1) is 22.7 Å². The van der Waals surface area contributed by atoms with Crippen LogP contribution in [0.3, 0.4) is 0 Å². The molecular weight excluding hydrogens is 398 g/mol. The van der Waals surface area contributed by atoms with Gasteiger partial charge in [0.2, 0.25) is 5.91 Å². The van der Waals surface area contributed by atoms with Gasteiger partial charge in [-0.3, -0.25) is 9.69 Å². The second-order valence-corrected chi connectivity index (χ2v) is 9.44. The minimum absolute atomic E-state index is 0.0596. The van der Waals surface area contributed by atoms with Crippen molar-refractivity contribution in [2.24, 2.45) is 0 Å². The number of anilines is 1. The molecule has 1 aliphatic rings. The summed E-state index contributed by atoms with van der Waals surface area (Å²) in [6, 6.07) is 19.2. The molecule has 1 aromatic carbocycles. The first-order valence-electron chi connectivity index (χ1n) is 10.1. The molecule has 4 nitrogen and oxygen atoms in total.